The lowest BCUT2D eigenvalue weighted by molar-refractivity contribution is 0.0995. The lowest BCUT2D eigenvalue weighted by Crippen LogP contribution is -2.10. The first kappa shape index (κ1) is 10.0. The summed E-state index contributed by atoms with van der Waals surface area (Å²) in [6.07, 6.45) is 5.63. The fourth-order valence-electron chi connectivity index (χ4n) is 0.398. The average molecular weight is 173 g/mol. The molecule has 1 aromatic heterocycles. The number of hydrogen-bond acceptors (Lipinski definition) is 3. The summed E-state index contributed by atoms with van der Waals surface area (Å²) >= 11 is 1.75. The van der Waals surface area contributed by atoms with Crippen LogP contribution in [0.1, 0.15) is 10.5 Å². The molecule has 0 bridgehead atoms. The minimum absolute atomic E-state index is 0.269. The zero-order valence-electron chi connectivity index (χ0n) is 6.50. The van der Waals surface area contributed by atoms with Crippen molar-refractivity contribution in [2.24, 2.45) is 5.73 Å². The third-order valence-corrected chi connectivity index (χ3v) is 0.753. The van der Waals surface area contributed by atoms with Crippen molar-refractivity contribution in [3.63, 3.8) is 0 Å². The van der Waals surface area contributed by atoms with Gasteiger partial charge in [0.2, 0.25) is 0 Å². The lowest BCUT2D eigenvalue weighted by atomic mass is 10.4. The molecule has 0 atom stereocenters. The van der Waals surface area contributed by atoms with Gasteiger partial charge in [-0.2, -0.15) is 16.9 Å². The van der Waals surface area contributed by atoms with Gasteiger partial charge in [-0.25, -0.2) is 0 Å². The van der Waals surface area contributed by atoms with Crippen LogP contribution in [-0.2, 0) is 0 Å². The van der Waals surface area contributed by atoms with Gasteiger partial charge in [-0.15, -0.1) is 0 Å². The standard InChI is InChI=1S/C4H5N3O.C2H6S/c5-4(8)3-1-2-6-7-3;1-3-2/h1-2H,(H2,5,8)(H,6,7);1-2H3. The molecule has 1 aromatic rings. The predicted molar refractivity (Wildman–Crippen MR) is 46.5 cm³/mol. The zero-order chi connectivity index (χ0) is 8.69. The van der Waals surface area contributed by atoms with Gasteiger partial charge < -0.3 is 5.73 Å². The Labute approximate surface area is 69.6 Å². The highest BCUT2D eigenvalue weighted by atomic mass is 32.2. The summed E-state index contributed by atoms with van der Waals surface area (Å²) in [6.45, 7) is 0. The topological polar surface area (TPSA) is 71.8 Å². The van der Waals surface area contributed by atoms with E-state index in [9.17, 15) is 4.79 Å². The number of aromatic nitrogens is 2. The number of nitrogens with one attached hydrogen (secondary N) is 1. The SMILES string of the molecule is CSC.NC(=O)c1cc[nH]n1. The van der Waals surface area contributed by atoms with Crippen molar-refractivity contribution in [3.05, 3.63) is 18.0 Å². The van der Waals surface area contributed by atoms with Crippen LogP contribution in [-0.4, -0.2) is 28.6 Å². The quantitative estimate of drug-likeness (QED) is 0.649. The molecule has 0 aliphatic carbocycles. The number of H-pyrrole nitrogens is 1. The van der Waals surface area contributed by atoms with Gasteiger partial charge in [0.25, 0.3) is 5.91 Å². The number of aromatic amines is 1. The molecule has 0 spiro atoms. The second-order valence-corrected chi connectivity index (χ2v) is 2.55. The van der Waals surface area contributed by atoms with E-state index in [1.165, 1.54) is 6.07 Å². The molecule has 0 aromatic carbocycles. The van der Waals surface area contributed by atoms with E-state index in [-0.39, 0.29) is 5.69 Å². The van der Waals surface area contributed by atoms with Crippen molar-refractivity contribution in [1.29, 1.82) is 0 Å². The van der Waals surface area contributed by atoms with Gasteiger partial charge in [-0.05, 0) is 18.6 Å². The maximum Gasteiger partial charge on any atom is 0.269 e. The van der Waals surface area contributed by atoms with E-state index in [1.807, 2.05) is 12.5 Å². The molecule has 5 heteroatoms. The van der Waals surface area contributed by atoms with Crippen molar-refractivity contribution in [2.75, 3.05) is 12.5 Å². The van der Waals surface area contributed by atoms with E-state index >= 15 is 0 Å². The van der Waals surface area contributed by atoms with Crippen LogP contribution in [0.25, 0.3) is 0 Å². The number of carbonyl (C=O) groups excluding carboxylic acids is 1. The van der Waals surface area contributed by atoms with Crippen LogP contribution >= 0.6 is 11.8 Å². The second kappa shape index (κ2) is 5.79. The van der Waals surface area contributed by atoms with Gasteiger partial charge in [0.15, 0.2) is 0 Å². The van der Waals surface area contributed by atoms with Crippen molar-refractivity contribution in [2.45, 2.75) is 0 Å². The molecular weight excluding hydrogens is 162 g/mol. The Bertz CT molecular complexity index is 198. The monoisotopic (exact) mass is 173 g/mol. The molecule has 0 saturated carbocycles. The number of carbonyl (C=O) groups is 1. The van der Waals surface area contributed by atoms with Crippen LogP contribution in [0.2, 0.25) is 0 Å². The maximum absolute atomic E-state index is 10.2. The zero-order valence-corrected chi connectivity index (χ0v) is 7.31. The number of amides is 1. The normalized spacial score (nSPS) is 8.18. The highest BCUT2D eigenvalue weighted by Crippen LogP contribution is 1.86. The van der Waals surface area contributed by atoms with Crippen molar-refractivity contribution in [1.82, 2.24) is 10.2 Å². The van der Waals surface area contributed by atoms with Crippen molar-refractivity contribution in [3.8, 4) is 0 Å². The van der Waals surface area contributed by atoms with Crippen LogP contribution in [0.3, 0.4) is 0 Å². The van der Waals surface area contributed by atoms with Crippen LogP contribution < -0.4 is 5.73 Å². The van der Waals surface area contributed by atoms with Gasteiger partial charge in [-0.3, -0.25) is 9.89 Å². The number of nitrogens with zero attached hydrogens (tertiary/aromatic N) is 1. The molecule has 4 nitrogen and oxygen atoms in total. The van der Waals surface area contributed by atoms with Crippen LogP contribution in [0, 0.1) is 0 Å². The molecule has 3 N–H and O–H groups in total. The van der Waals surface area contributed by atoms with E-state index in [0.717, 1.165) is 0 Å². The first-order chi connectivity index (χ1) is 5.22. The Morgan fingerprint density at radius 1 is 1.73 bits per heavy atom. The molecule has 1 heterocycles. The predicted octanol–water partition coefficient (Wildman–Crippen LogP) is 0.488. The fraction of sp³-hybridized carbons (Fsp3) is 0.333. The van der Waals surface area contributed by atoms with Crippen molar-refractivity contribution >= 4 is 17.7 Å². The molecule has 0 fully saturated rings. The lowest BCUT2D eigenvalue weighted by Gasteiger charge is -1.78. The van der Waals surface area contributed by atoms with Gasteiger partial charge in [-0.1, -0.05) is 0 Å². The number of nitrogens with two attached hydrogens (primary N) is 1. The van der Waals surface area contributed by atoms with Crippen LogP contribution in [0.5, 0.6) is 0 Å². The summed E-state index contributed by atoms with van der Waals surface area (Å²) in [6, 6.07) is 1.52. The highest BCUT2D eigenvalue weighted by Gasteiger charge is 1.97. The number of thioether (sulfide) groups is 1. The Hall–Kier alpha value is -0.970. The van der Waals surface area contributed by atoms with Crippen LogP contribution in [0.15, 0.2) is 12.3 Å². The van der Waals surface area contributed by atoms with Gasteiger partial charge >= 0.3 is 0 Å². The molecule has 11 heavy (non-hydrogen) atoms. The minimum Gasteiger partial charge on any atom is -0.364 e. The van der Waals surface area contributed by atoms with E-state index in [2.05, 4.69) is 10.2 Å². The van der Waals surface area contributed by atoms with E-state index < -0.39 is 5.91 Å². The van der Waals surface area contributed by atoms with E-state index in [4.69, 9.17) is 5.73 Å². The van der Waals surface area contributed by atoms with Crippen LogP contribution in [0.4, 0.5) is 0 Å². The molecule has 1 rings (SSSR count). The number of primary amides is 1. The van der Waals surface area contributed by atoms with E-state index in [0.29, 0.717) is 0 Å². The smallest absolute Gasteiger partial charge is 0.269 e. The molecule has 0 aliphatic heterocycles. The van der Waals surface area contributed by atoms with E-state index in [1.54, 1.807) is 18.0 Å². The summed E-state index contributed by atoms with van der Waals surface area (Å²) in [7, 11) is 0. The summed E-state index contributed by atoms with van der Waals surface area (Å²) in [4.78, 5) is 10.2. The number of rotatable bonds is 1. The molecule has 0 radical (unpaired) electrons. The Balaban J connectivity index is 0.000000292. The molecule has 0 unspecified atom stereocenters. The molecule has 1 amide bonds. The molecule has 0 saturated heterocycles. The summed E-state index contributed by atoms with van der Waals surface area (Å²) < 4.78 is 0. The third kappa shape index (κ3) is 4.44. The van der Waals surface area contributed by atoms with Gasteiger partial charge in [0.05, 0.1) is 0 Å². The summed E-state index contributed by atoms with van der Waals surface area (Å²) in [5.41, 5.74) is 5.11. The van der Waals surface area contributed by atoms with Crippen molar-refractivity contribution < 1.29 is 4.79 Å². The summed E-state index contributed by atoms with van der Waals surface area (Å²) in [5, 5.41) is 5.98. The Morgan fingerprint density at radius 2 is 2.27 bits per heavy atom. The average Bonchev–Trinajstić information content (AvgIpc) is 2.38. The molecular formula is C6H11N3OS. The molecule has 62 valence electrons. The largest absolute Gasteiger partial charge is 0.364 e. The highest BCUT2D eigenvalue weighted by molar-refractivity contribution is 7.97. The summed E-state index contributed by atoms with van der Waals surface area (Å²) in [5.74, 6) is -0.508. The van der Waals surface area contributed by atoms with Gasteiger partial charge in [0.1, 0.15) is 5.69 Å². The second-order valence-electron chi connectivity index (χ2n) is 1.73. The molecule has 0 aliphatic rings. The maximum atomic E-state index is 10.2. The van der Waals surface area contributed by atoms with Gasteiger partial charge in [0, 0.05) is 6.20 Å². The first-order valence-corrected chi connectivity index (χ1v) is 4.55. The third-order valence-electron chi connectivity index (χ3n) is 0.753. The fourth-order valence-corrected chi connectivity index (χ4v) is 0.398. The Kier molecular flexibility index (Phi) is 5.28. The minimum atomic E-state index is -0.508. The first-order valence-electron chi connectivity index (χ1n) is 2.92. The Morgan fingerprint density at radius 3 is 2.45 bits per heavy atom. The number of hydrogen-bond donors (Lipinski definition) is 2.